The second-order valence-corrected chi connectivity index (χ2v) is 5.81. The summed E-state index contributed by atoms with van der Waals surface area (Å²) in [6.45, 7) is 0.891. The summed E-state index contributed by atoms with van der Waals surface area (Å²) in [6, 6.07) is 6.68. The minimum atomic E-state index is 0.701. The zero-order valence-corrected chi connectivity index (χ0v) is 11.1. The monoisotopic (exact) mass is 259 g/mol. The summed E-state index contributed by atoms with van der Waals surface area (Å²) in [5, 5.41) is 4.75. The van der Waals surface area contributed by atoms with Crippen LogP contribution in [0, 0.1) is 0 Å². The molecule has 1 saturated carbocycles. The van der Waals surface area contributed by atoms with E-state index in [1.54, 1.807) is 11.3 Å². The van der Waals surface area contributed by atoms with Gasteiger partial charge in [0.1, 0.15) is 5.01 Å². The second kappa shape index (κ2) is 5.59. The zero-order valence-electron chi connectivity index (χ0n) is 10.3. The molecule has 0 bridgehead atoms. The molecule has 1 fully saturated rings. The Balaban J connectivity index is 1.63. The Morgan fingerprint density at radius 1 is 1.22 bits per heavy atom. The van der Waals surface area contributed by atoms with Gasteiger partial charge in [-0.3, -0.25) is 4.98 Å². The largest absolute Gasteiger partial charge is 0.308 e. The molecular formula is C14H17N3S. The van der Waals surface area contributed by atoms with E-state index in [-0.39, 0.29) is 0 Å². The van der Waals surface area contributed by atoms with Gasteiger partial charge in [0.2, 0.25) is 0 Å². The van der Waals surface area contributed by atoms with Crippen molar-refractivity contribution in [2.45, 2.75) is 38.3 Å². The average molecular weight is 259 g/mol. The lowest BCUT2D eigenvalue weighted by molar-refractivity contribution is 0.523. The summed E-state index contributed by atoms with van der Waals surface area (Å²) in [5.41, 5.74) is 1.02. The number of hydrogen-bond acceptors (Lipinski definition) is 4. The minimum absolute atomic E-state index is 0.701. The lowest BCUT2D eigenvalue weighted by atomic mass is 10.2. The van der Waals surface area contributed by atoms with Crippen LogP contribution < -0.4 is 5.32 Å². The summed E-state index contributed by atoms with van der Waals surface area (Å²) in [7, 11) is 0. The predicted octanol–water partition coefficient (Wildman–Crippen LogP) is 3.24. The van der Waals surface area contributed by atoms with Gasteiger partial charge in [-0.15, -0.1) is 11.3 Å². The van der Waals surface area contributed by atoms with Crippen LogP contribution in [0.1, 0.15) is 30.7 Å². The SMILES string of the molecule is c1ccc(-c2cnc(CNC3CCCC3)s2)nc1. The molecule has 3 rings (SSSR count). The Bertz CT molecular complexity index is 489. The predicted molar refractivity (Wildman–Crippen MR) is 74.4 cm³/mol. The van der Waals surface area contributed by atoms with Crippen LogP contribution in [0.4, 0.5) is 0 Å². The maximum atomic E-state index is 4.47. The highest BCUT2D eigenvalue weighted by molar-refractivity contribution is 7.15. The second-order valence-electron chi connectivity index (χ2n) is 4.70. The van der Waals surface area contributed by atoms with Crippen LogP contribution in [0.5, 0.6) is 0 Å². The molecule has 0 aromatic carbocycles. The Kier molecular flexibility index (Phi) is 3.67. The average Bonchev–Trinajstić information content (AvgIpc) is 3.09. The smallest absolute Gasteiger partial charge is 0.107 e. The van der Waals surface area contributed by atoms with Crippen molar-refractivity contribution < 1.29 is 0 Å². The van der Waals surface area contributed by atoms with Crippen molar-refractivity contribution in [2.75, 3.05) is 0 Å². The first-order chi connectivity index (χ1) is 8.92. The van der Waals surface area contributed by atoms with Gasteiger partial charge in [0.05, 0.1) is 10.6 Å². The lowest BCUT2D eigenvalue weighted by Crippen LogP contribution is -2.25. The highest BCUT2D eigenvalue weighted by Gasteiger charge is 2.14. The summed E-state index contributed by atoms with van der Waals surface area (Å²) in [5.74, 6) is 0. The molecule has 0 radical (unpaired) electrons. The van der Waals surface area contributed by atoms with E-state index in [1.165, 1.54) is 25.7 Å². The van der Waals surface area contributed by atoms with Gasteiger partial charge in [0.15, 0.2) is 0 Å². The number of aromatic nitrogens is 2. The molecule has 0 unspecified atom stereocenters. The standard InChI is InChI=1S/C14H17N3S/c1-2-6-11(5-1)16-10-14-17-9-13(18-14)12-7-3-4-8-15-12/h3-4,7-9,11,16H,1-2,5-6,10H2. The number of nitrogens with one attached hydrogen (secondary N) is 1. The Hall–Kier alpha value is -1.26. The van der Waals surface area contributed by atoms with Crippen molar-refractivity contribution in [1.82, 2.24) is 15.3 Å². The van der Waals surface area contributed by atoms with E-state index in [1.807, 2.05) is 30.6 Å². The van der Waals surface area contributed by atoms with Crippen molar-refractivity contribution in [3.63, 3.8) is 0 Å². The zero-order chi connectivity index (χ0) is 12.2. The fourth-order valence-corrected chi connectivity index (χ4v) is 3.23. The maximum Gasteiger partial charge on any atom is 0.107 e. The minimum Gasteiger partial charge on any atom is -0.308 e. The lowest BCUT2D eigenvalue weighted by Gasteiger charge is -2.09. The molecule has 1 aliphatic rings. The fraction of sp³-hybridized carbons (Fsp3) is 0.429. The molecule has 1 aliphatic carbocycles. The maximum absolute atomic E-state index is 4.47. The molecule has 0 aliphatic heterocycles. The van der Waals surface area contributed by atoms with Crippen LogP contribution in [-0.4, -0.2) is 16.0 Å². The molecule has 2 heterocycles. The first kappa shape index (κ1) is 11.8. The molecule has 0 amide bonds. The normalized spacial score (nSPS) is 16.2. The summed E-state index contributed by atoms with van der Waals surface area (Å²) >= 11 is 1.73. The van der Waals surface area contributed by atoms with Crippen molar-refractivity contribution >= 4 is 11.3 Å². The molecule has 18 heavy (non-hydrogen) atoms. The third kappa shape index (κ3) is 2.76. The van der Waals surface area contributed by atoms with Crippen LogP contribution in [0.15, 0.2) is 30.6 Å². The molecule has 2 aromatic rings. The molecule has 2 aromatic heterocycles. The van der Waals surface area contributed by atoms with Crippen LogP contribution in [0.3, 0.4) is 0 Å². The van der Waals surface area contributed by atoms with Gasteiger partial charge in [0.25, 0.3) is 0 Å². The quantitative estimate of drug-likeness (QED) is 0.916. The highest BCUT2D eigenvalue weighted by Crippen LogP contribution is 2.24. The number of pyridine rings is 1. The molecule has 0 spiro atoms. The molecule has 0 atom stereocenters. The van der Waals surface area contributed by atoms with Crippen LogP contribution in [-0.2, 0) is 6.54 Å². The van der Waals surface area contributed by atoms with Gasteiger partial charge in [-0.1, -0.05) is 18.9 Å². The van der Waals surface area contributed by atoms with E-state index in [0.717, 1.165) is 22.1 Å². The van der Waals surface area contributed by atoms with Gasteiger partial charge in [-0.05, 0) is 25.0 Å². The molecule has 3 nitrogen and oxygen atoms in total. The van der Waals surface area contributed by atoms with Gasteiger partial charge >= 0.3 is 0 Å². The third-order valence-electron chi connectivity index (χ3n) is 3.37. The van der Waals surface area contributed by atoms with Crippen LogP contribution >= 0.6 is 11.3 Å². The molecular weight excluding hydrogens is 242 g/mol. The highest BCUT2D eigenvalue weighted by atomic mass is 32.1. The first-order valence-electron chi connectivity index (χ1n) is 6.51. The van der Waals surface area contributed by atoms with Crippen molar-refractivity contribution in [3.8, 4) is 10.6 Å². The van der Waals surface area contributed by atoms with Gasteiger partial charge in [-0.2, -0.15) is 0 Å². The summed E-state index contributed by atoms with van der Waals surface area (Å²) < 4.78 is 0. The summed E-state index contributed by atoms with van der Waals surface area (Å²) in [4.78, 5) is 9.97. The van der Waals surface area contributed by atoms with E-state index in [4.69, 9.17) is 0 Å². The Morgan fingerprint density at radius 2 is 2.11 bits per heavy atom. The topological polar surface area (TPSA) is 37.8 Å². The fourth-order valence-electron chi connectivity index (χ4n) is 2.38. The van der Waals surface area contributed by atoms with E-state index < -0.39 is 0 Å². The van der Waals surface area contributed by atoms with E-state index in [0.29, 0.717) is 6.04 Å². The van der Waals surface area contributed by atoms with Crippen molar-refractivity contribution in [1.29, 1.82) is 0 Å². The van der Waals surface area contributed by atoms with Crippen LogP contribution in [0.25, 0.3) is 10.6 Å². The van der Waals surface area contributed by atoms with Crippen molar-refractivity contribution in [2.24, 2.45) is 0 Å². The van der Waals surface area contributed by atoms with Crippen LogP contribution in [0.2, 0.25) is 0 Å². The first-order valence-corrected chi connectivity index (χ1v) is 7.33. The van der Waals surface area contributed by atoms with E-state index >= 15 is 0 Å². The Morgan fingerprint density at radius 3 is 2.89 bits per heavy atom. The molecule has 94 valence electrons. The number of hydrogen-bond donors (Lipinski definition) is 1. The third-order valence-corrected chi connectivity index (χ3v) is 4.39. The number of thiazole rings is 1. The van der Waals surface area contributed by atoms with E-state index in [9.17, 15) is 0 Å². The number of nitrogens with zero attached hydrogens (tertiary/aromatic N) is 2. The van der Waals surface area contributed by atoms with E-state index in [2.05, 4.69) is 15.3 Å². The molecule has 0 saturated heterocycles. The van der Waals surface area contributed by atoms with Gasteiger partial charge < -0.3 is 5.32 Å². The van der Waals surface area contributed by atoms with Gasteiger partial charge in [-0.25, -0.2) is 4.98 Å². The van der Waals surface area contributed by atoms with Crippen molar-refractivity contribution in [3.05, 3.63) is 35.6 Å². The molecule has 1 N–H and O–H groups in total. The summed E-state index contributed by atoms with van der Waals surface area (Å²) in [6.07, 6.45) is 9.13. The number of rotatable bonds is 4. The Labute approximate surface area is 111 Å². The van der Waals surface area contributed by atoms with Gasteiger partial charge in [0, 0.05) is 25.0 Å². The molecule has 4 heteroatoms.